The number of benzene rings is 2. The van der Waals surface area contributed by atoms with Gasteiger partial charge in [0.1, 0.15) is 5.75 Å². The van der Waals surface area contributed by atoms with Gasteiger partial charge in [-0.3, -0.25) is 4.79 Å². The number of nitrogens with one attached hydrogen (secondary N) is 2. The van der Waals surface area contributed by atoms with E-state index in [9.17, 15) is 9.59 Å². The summed E-state index contributed by atoms with van der Waals surface area (Å²) < 4.78 is 10.1. The minimum atomic E-state index is -0.385. The van der Waals surface area contributed by atoms with Crippen LogP contribution in [0.4, 0.5) is 11.4 Å². The maximum absolute atomic E-state index is 12.1. The Morgan fingerprint density at radius 2 is 1.89 bits per heavy atom. The van der Waals surface area contributed by atoms with E-state index in [0.29, 0.717) is 29.6 Å². The molecule has 0 radical (unpaired) electrons. The molecule has 28 heavy (non-hydrogen) atoms. The van der Waals surface area contributed by atoms with Gasteiger partial charge in [0.2, 0.25) is 5.91 Å². The summed E-state index contributed by atoms with van der Waals surface area (Å²) in [5.41, 5.74) is 2.25. The maximum atomic E-state index is 12.1. The lowest BCUT2D eigenvalue weighted by molar-refractivity contribution is -0.137. The van der Waals surface area contributed by atoms with Crippen molar-refractivity contribution >= 4 is 40.9 Å². The van der Waals surface area contributed by atoms with E-state index in [1.165, 1.54) is 6.08 Å². The second kappa shape index (κ2) is 11.0. The number of hydrogen-bond acceptors (Lipinski definition) is 5. The van der Waals surface area contributed by atoms with E-state index < -0.39 is 0 Å². The molecule has 2 N–H and O–H groups in total. The highest BCUT2D eigenvalue weighted by molar-refractivity contribution is 6.30. The fourth-order valence-corrected chi connectivity index (χ4v) is 2.56. The summed E-state index contributed by atoms with van der Waals surface area (Å²) in [6, 6.07) is 12.4. The van der Waals surface area contributed by atoms with Gasteiger partial charge in [-0.1, -0.05) is 23.7 Å². The predicted octanol–water partition coefficient (Wildman–Crippen LogP) is 4.37. The Hall–Kier alpha value is -2.99. The van der Waals surface area contributed by atoms with Crippen LogP contribution in [-0.2, 0) is 14.3 Å². The van der Waals surface area contributed by atoms with E-state index in [1.807, 2.05) is 0 Å². The van der Waals surface area contributed by atoms with Crippen LogP contribution in [0.15, 0.2) is 48.5 Å². The van der Waals surface area contributed by atoms with Gasteiger partial charge in [0, 0.05) is 29.8 Å². The van der Waals surface area contributed by atoms with Crippen molar-refractivity contribution in [1.29, 1.82) is 0 Å². The van der Waals surface area contributed by atoms with Crippen molar-refractivity contribution in [1.82, 2.24) is 0 Å². The summed E-state index contributed by atoms with van der Waals surface area (Å²) in [7, 11) is 1.58. The molecule has 0 heterocycles. The van der Waals surface area contributed by atoms with Crippen molar-refractivity contribution < 1.29 is 19.1 Å². The first-order chi connectivity index (χ1) is 13.5. The van der Waals surface area contributed by atoms with Crippen molar-refractivity contribution in [3.05, 3.63) is 59.1 Å². The number of carbonyl (C=O) groups is 2. The number of carbonyl (C=O) groups excluding carboxylic acids is 2. The van der Waals surface area contributed by atoms with Gasteiger partial charge in [-0.2, -0.15) is 0 Å². The number of rotatable bonds is 9. The third-order valence-electron chi connectivity index (χ3n) is 3.72. The molecule has 0 bridgehead atoms. The number of ether oxygens (including phenoxy) is 2. The first kappa shape index (κ1) is 21.3. The second-order valence-electron chi connectivity index (χ2n) is 5.78. The fraction of sp³-hybridized carbons (Fsp3) is 0.238. The number of hydrogen-bond donors (Lipinski definition) is 2. The molecule has 0 aliphatic heterocycles. The average molecular weight is 403 g/mol. The summed E-state index contributed by atoms with van der Waals surface area (Å²) in [6.45, 7) is 2.53. The lowest BCUT2D eigenvalue weighted by Crippen LogP contribution is -2.16. The van der Waals surface area contributed by atoms with Crippen LogP contribution in [0.2, 0.25) is 5.02 Å². The van der Waals surface area contributed by atoms with Crippen LogP contribution >= 0.6 is 11.6 Å². The molecule has 0 saturated carbocycles. The Morgan fingerprint density at radius 3 is 2.57 bits per heavy atom. The highest BCUT2D eigenvalue weighted by atomic mass is 35.5. The number of esters is 1. The number of halogens is 1. The molecule has 0 aromatic heterocycles. The molecule has 0 fully saturated rings. The first-order valence-electron chi connectivity index (χ1n) is 8.84. The predicted molar refractivity (Wildman–Crippen MR) is 112 cm³/mol. The molecule has 0 atom stereocenters. The standard InChI is InChI=1S/C21H23ClN2O4/c1-3-28-21(26)11-6-15-4-8-17(9-5-15)24-20(25)12-13-23-18-14-16(22)7-10-19(18)27-2/h4-11,14,23H,3,12-13H2,1-2H3,(H,24,25)/b11-6+. The molecule has 7 heteroatoms. The lowest BCUT2D eigenvalue weighted by Gasteiger charge is -2.11. The topological polar surface area (TPSA) is 76.7 Å². The molecule has 1 amide bonds. The highest BCUT2D eigenvalue weighted by Crippen LogP contribution is 2.27. The van der Waals surface area contributed by atoms with E-state index in [0.717, 1.165) is 11.3 Å². The molecular formula is C21H23ClN2O4. The van der Waals surface area contributed by atoms with Crippen LogP contribution < -0.4 is 15.4 Å². The summed E-state index contributed by atoms with van der Waals surface area (Å²) in [5.74, 6) is 0.156. The van der Waals surface area contributed by atoms with E-state index in [1.54, 1.807) is 62.6 Å². The Kier molecular flexibility index (Phi) is 8.37. The second-order valence-corrected chi connectivity index (χ2v) is 6.21. The van der Waals surface area contributed by atoms with E-state index in [2.05, 4.69) is 10.6 Å². The molecule has 0 unspecified atom stereocenters. The van der Waals surface area contributed by atoms with Crippen molar-refractivity contribution in [3.8, 4) is 5.75 Å². The smallest absolute Gasteiger partial charge is 0.330 e. The Bertz CT molecular complexity index is 835. The summed E-state index contributed by atoms with van der Waals surface area (Å²) in [5, 5.41) is 6.56. The molecule has 0 aliphatic rings. The van der Waals surface area contributed by atoms with Crippen molar-refractivity contribution in [3.63, 3.8) is 0 Å². The van der Waals surface area contributed by atoms with Gasteiger partial charge in [-0.25, -0.2) is 4.79 Å². The molecular weight excluding hydrogens is 380 g/mol. The van der Waals surface area contributed by atoms with Gasteiger partial charge in [0.25, 0.3) is 0 Å². The number of amides is 1. The zero-order valence-electron chi connectivity index (χ0n) is 15.8. The molecule has 2 aromatic carbocycles. The monoisotopic (exact) mass is 402 g/mol. The fourth-order valence-electron chi connectivity index (χ4n) is 2.38. The van der Waals surface area contributed by atoms with Crippen LogP contribution in [-0.4, -0.2) is 32.1 Å². The first-order valence-corrected chi connectivity index (χ1v) is 9.21. The minimum Gasteiger partial charge on any atom is -0.495 e. The van der Waals surface area contributed by atoms with Gasteiger partial charge in [-0.15, -0.1) is 0 Å². The normalized spacial score (nSPS) is 10.5. The van der Waals surface area contributed by atoms with Gasteiger partial charge >= 0.3 is 5.97 Å². The Labute approximate surface area is 169 Å². The quantitative estimate of drug-likeness (QED) is 0.481. The van der Waals surface area contributed by atoms with Gasteiger partial charge < -0.3 is 20.1 Å². The van der Waals surface area contributed by atoms with Crippen LogP contribution in [0, 0.1) is 0 Å². The summed E-state index contributed by atoms with van der Waals surface area (Å²) in [4.78, 5) is 23.4. The number of anilines is 2. The average Bonchev–Trinajstić information content (AvgIpc) is 2.68. The highest BCUT2D eigenvalue weighted by Gasteiger charge is 2.06. The SMILES string of the molecule is CCOC(=O)/C=C/c1ccc(NC(=O)CCNc2cc(Cl)ccc2OC)cc1. The van der Waals surface area contributed by atoms with Gasteiger partial charge in [0.15, 0.2) is 0 Å². The molecule has 148 valence electrons. The van der Waals surface area contributed by atoms with Crippen LogP contribution in [0.1, 0.15) is 18.9 Å². The van der Waals surface area contributed by atoms with Gasteiger partial charge in [-0.05, 0) is 48.9 Å². The summed E-state index contributed by atoms with van der Waals surface area (Å²) in [6.07, 6.45) is 3.30. The zero-order chi connectivity index (χ0) is 20.4. The molecule has 0 spiro atoms. The zero-order valence-corrected chi connectivity index (χ0v) is 16.6. The van der Waals surface area contributed by atoms with Crippen LogP contribution in [0.5, 0.6) is 5.75 Å². The van der Waals surface area contributed by atoms with E-state index >= 15 is 0 Å². The maximum Gasteiger partial charge on any atom is 0.330 e. The van der Waals surface area contributed by atoms with Crippen molar-refractivity contribution in [2.75, 3.05) is 30.9 Å². The lowest BCUT2D eigenvalue weighted by atomic mass is 10.2. The van der Waals surface area contributed by atoms with Gasteiger partial charge in [0.05, 0.1) is 19.4 Å². The largest absolute Gasteiger partial charge is 0.495 e. The Balaban J connectivity index is 1.81. The third-order valence-corrected chi connectivity index (χ3v) is 3.96. The minimum absolute atomic E-state index is 0.122. The third kappa shape index (κ3) is 6.96. The summed E-state index contributed by atoms with van der Waals surface area (Å²) >= 11 is 5.99. The van der Waals surface area contributed by atoms with Crippen molar-refractivity contribution in [2.45, 2.75) is 13.3 Å². The van der Waals surface area contributed by atoms with Crippen LogP contribution in [0.25, 0.3) is 6.08 Å². The molecule has 0 saturated heterocycles. The molecule has 2 rings (SSSR count). The molecule has 6 nitrogen and oxygen atoms in total. The molecule has 2 aromatic rings. The molecule has 0 aliphatic carbocycles. The van der Waals surface area contributed by atoms with E-state index in [-0.39, 0.29) is 18.3 Å². The Morgan fingerprint density at radius 1 is 1.14 bits per heavy atom. The van der Waals surface area contributed by atoms with E-state index in [4.69, 9.17) is 21.1 Å². The number of methoxy groups -OCH3 is 1. The van der Waals surface area contributed by atoms with Crippen molar-refractivity contribution in [2.24, 2.45) is 0 Å². The van der Waals surface area contributed by atoms with Crippen LogP contribution in [0.3, 0.4) is 0 Å².